The quantitative estimate of drug-likeness (QED) is 0.421. The number of carbonyl (C=O) groups excluding carboxylic acids is 2. The van der Waals surface area contributed by atoms with Crippen LogP contribution < -0.4 is 10.6 Å². The lowest BCUT2D eigenvalue weighted by Crippen LogP contribution is -2.15. The number of thiazole rings is 1. The van der Waals surface area contributed by atoms with Crippen LogP contribution in [0.3, 0.4) is 0 Å². The Bertz CT molecular complexity index is 1270. The van der Waals surface area contributed by atoms with Crippen molar-refractivity contribution in [1.29, 1.82) is 0 Å². The van der Waals surface area contributed by atoms with Gasteiger partial charge in [-0.3, -0.25) is 9.59 Å². The van der Waals surface area contributed by atoms with Crippen molar-refractivity contribution in [3.05, 3.63) is 93.4 Å². The number of aromatic nitrogens is 2. The lowest BCUT2D eigenvalue weighted by molar-refractivity contribution is -0.116. The zero-order chi connectivity index (χ0) is 22.2. The summed E-state index contributed by atoms with van der Waals surface area (Å²) >= 11 is 2.84. The minimum atomic E-state index is -0.193. The maximum Gasteiger partial charge on any atom is 0.231 e. The van der Waals surface area contributed by atoms with E-state index >= 15 is 0 Å². The molecule has 8 heteroatoms. The Morgan fingerprint density at radius 2 is 1.81 bits per heavy atom. The molecule has 3 heterocycles. The van der Waals surface area contributed by atoms with E-state index < -0.39 is 0 Å². The predicted molar refractivity (Wildman–Crippen MR) is 128 cm³/mol. The van der Waals surface area contributed by atoms with E-state index in [9.17, 15) is 9.59 Å². The Morgan fingerprint density at radius 3 is 2.62 bits per heavy atom. The lowest BCUT2D eigenvalue weighted by atomic mass is 10.2. The molecule has 4 rings (SSSR count). The summed E-state index contributed by atoms with van der Waals surface area (Å²) in [6, 6.07) is 16.7. The molecule has 3 aromatic heterocycles. The molecule has 0 atom stereocenters. The van der Waals surface area contributed by atoms with E-state index in [1.54, 1.807) is 17.6 Å². The van der Waals surface area contributed by atoms with Crippen LogP contribution in [-0.4, -0.2) is 21.8 Å². The zero-order valence-corrected chi connectivity index (χ0v) is 18.5. The van der Waals surface area contributed by atoms with Gasteiger partial charge < -0.3 is 10.6 Å². The van der Waals surface area contributed by atoms with Crippen molar-refractivity contribution < 1.29 is 9.59 Å². The van der Waals surface area contributed by atoms with E-state index in [4.69, 9.17) is 0 Å². The first-order valence-corrected chi connectivity index (χ1v) is 11.5. The van der Waals surface area contributed by atoms with Crippen LogP contribution >= 0.6 is 22.7 Å². The largest absolute Gasteiger partial charge is 0.326 e. The fourth-order valence-electron chi connectivity index (χ4n) is 2.80. The molecule has 0 aliphatic heterocycles. The van der Waals surface area contributed by atoms with Gasteiger partial charge in [-0.15, -0.1) is 22.7 Å². The predicted octanol–water partition coefficient (Wildman–Crippen LogP) is 4.36. The molecule has 2 amide bonds. The number of nitrogens with zero attached hydrogens (tertiary/aromatic N) is 2. The summed E-state index contributed by atoms with van der Waals surface area (Å²) in [7, 11) is 0. The summed E-state index contributed by atoms with van der Waals surface area (Å²) < 4.78 is 0. The molecule has 0 fully saturated rings. The number of carbonyl (C=O) groups is 2. The smallest absolute Gasteiger partial charge is 0.231 e. The highest BCUT2D eigenvalue weighted by atomic mass is 32.1. The molecule has 0 bridgehead atoms. The monoisotopic (exact) mass is 458 g/mol. The Balaban J connectivity index is 1.31. The topological polar surface area (TPSA) is 84.0 Å². The van der Waals surface area contributed by atoms with Crippen LogP contribution in [0.4, 0.5) is 10.8 Å². The van der Waals surface area contributed by atoms with Crippen LogP contribution in [0.25, 0.3) is 0 Å². The second kappa shape index (κ2) is 10.5. The van der Waals surface area contributed by atoms with Crippen LogP contribution in [0.2, 0.25) is 0 Å². The van der Waals surface area contributed by atoms with Crippen molar-refractivity contribution in [2.24, 2.45) is 0 Å². The van der Waals surface area contributed by atoms with Crippen molar-refractivity contribution in [1.82, 2.24) is 9.97 Å². The number of hydrogen-bond acceptors (Lipinski definition) is 6. The van der Waals surface area contributed by atoms with Crippen molar-refractivity contribution in [2.45, 2.75) is 12.8 Å². The minimum absolute atomic E-state index is 0.112. The average molecular weight is 459 g/mol. The van der Waals surface area contributed by atoms with Crippen LogP contribution in [0.5, 0.6) is 0 Å². The fourth-order valence-corrected chi connectivity index (χ4v) is 4.23. The maximum atomic E-state index is 12.4. The number of rotatable bonds is 6. The van der Waals surface area contributed by atoms with Gasteiger partial charge in [0, 0.05) is 27.7 Å². The van der Waals surface area contributed by atoms with Gasteiger partial charge >= 0.3 is 0 Å². The van der Waals surface area contributed by atoms with Gasteiger partial charge in [0.1, 0.15) is 5.69 Å². The number of hydrogen-bond donors (Lipinski definition) is 2. The summed E-state index contributed by atoms with van der Waals surface area (Å²) in [6.45, 7) is 0. The molecule has 0 aliphatic rings. The third kappa shape index (κ3) is 6.35. The van der Waals surface area contributed by atoms with E-state index in [0.717, 1.165) is 10.4 Å². The van der Waals surface area contributed by atoms with Gasteiger partial charge in [0.25, 0.3) is 0 Å². The second-order valence-electron chi connectivity index (χ2n) is 6.72. The average Bonchev–Trinajstić information content (AvgIpc) is 3.45. The molecule has 158 valence electrons. The standard InChI is InChI=1S/C24H18N4O2S2/c29-22(14-20-16-32-24(27-20)28-23(30)15-21-8-4-12-31-21)26-19-7-3-5-17(13-19)9-10-18-6-1-2-11-25-18/h1-8,11-13,16H,14-15H2,(H,26,29)(H,27,28,30). The van der Waals surface area contributed by atoms with Gasteiger partial charge in [-0.1, -0.05) is 24.1 Å². The van der Waals surface area contributed by atoms with Gasteiger partial charge in [-0.25, -0.2) is 9.97 Å². The normalized spacial score (nSPS) is 10.1. The summed E-state index contributed by atoms with van der Waals surface area (Å²) in [4.78, 5) is 34.0. The van der Waals surface area contributed by atoms with Crippen LogP contribution in [0.15, 0.2) is 71.6 Å². The number of nitrogens with one attached hydrogen (secondary N) is 2. The molecule has 6 nitrogen and oxygen atoms in total. The molecular weight excluding hydrogens is 440 g/mol. The summed E-state index contributed by atoms with van der Waals surface area (Å²) in [5.74, 6) is 5.73. The molecule has 0 radical (unpaired) electrons. The number of thiophene rings is 1. The molecular formula is C24H18N4O2S2. The summed E-state index contributed by atoms with van der Waals surface area (Å²) in [5, 5.41) is 9.84. The van der Waals surface area contributed by atoms with Crippen LogP contribution in [0.1, 0.15) is 21.8 Å². The second-order valence-corrected chi connectivity index (χ2v) is 8.61. The summed E-state index contributed by atoms with van der Waals surface area (Å²) in [6.07, 6.45) is 2.12. The van der Waals surface area contributed by atoms with E-state index in [1.807, 2.05) is 53.9 Å². The van der Waals surface area contributed by atoms with Crippen molar-refractivity contribution in [2.75, 3.05) is 10.6 Å². The van der Waals surface area contributed by atoms with Crippen molar-refractivity contribution in [3.8, 4) is 11.8 Å². The first-order chi connectivity index (χ1) is 15.6. The molecule has 2 N–H and O–H groups in total. The highest BCUT2D eigenvalue weighted by Crippen LogP contribution is 2.18. The van der Waals surface area contributed by atoms with Crippen LogP contribution in [0, 0.1) is 11.8 Å². The van der Waals surface area contributed by atoms with Gasteiger partial charge in [-0.2, -0.15) is 0 Å². The first-order valence-electron chi connectivity index (χ1n) is 9.74. The molecule has 1 aromatic carbocycles. The molecule has 0 saturated carbocycles. The molecule has 0 aliphatic carbocycles. The van der Waals surface area contributed by atoms with Crippen LogP contribution in [-0.2, 0) is 22.4 Å². The Kier molecular flexibility index (Phi) is 7.02. The van der Waals surface area contributed by atoms with E-state index in [2.05, 4.69) is 32.4 Å². The SMILES string of the molecule is O=C(Cc1csc(NC(=O)Cc2cccs2)n1)Nc1cccc(C#Cc2ccccn2)c1. The van der Waals surface area contributed by atoms with Gasteiger partial charge in [0.2, 0.25) is 11.8 Å². The number of benzene rings is 1. The third-order valence-electron chi connectivity index (χ3n) is 4.20. The third-order valence-corrected chi connectivity index (χ3v) is 5.88. The Labute approximate surface area is 193 Å². The number of anilines is 2. The number of amides is 2. The molecule has 0 spiro atoms. The lowest BCUT2D eigenvalue weighted by Gasteiger charge is -2.04. The van der Waals surface area contributed by atoms with Crippen molar-refractivity contribution >= 4 is 45.3 Å². The Hall–Kier alpha value is -3.80. The highest BCUT2D eigenvalue weighted by molar-refractivity contribution is 7.14. The molecule has 0 unspecified atom stereocenters. The Morgan fingerprint density at radius 1 is 0.906 bits per heavy atom. The number of pyridine rings is 1. The maximum absolute atomic E-state index is 12.4. The summed E-state index contributed by atoms with van der Waals surface area (Å²) in [5.41, 5.74) is 2.72. The highest BCUT2D eigenvalue weighted by Gasteiger charge is 2.11. The van der Waals surface area contributed by atoms with Crippen molar-refractivity contribution in [3.63, 3.8) is 0 Å². The molecule has 4 aromatic rings. The van der Waals surface area contributed by atoms with Gasteiger partial charge in [0.15, 0.2) is 5.13 Å². The van der Waals surface area contributed by atoms with Gasteiger partial charge in [0.05, 0.1) is 18.5 Å². The van der Waals surface area contributed by atoms with E-state index in [1.165, 1.54) is 22.7 Å². The first kappa shape index (κ1) is 21.4. The van der Waals surface area contributed by atoms with Gasteiger partial charge in [-0.05, 0) is 47.7 Å². The zero-order valence-electron chi connectivity index (χ0n) is 16.9. The minimum Gasteiger partial charge on any atom is -0.326 e. The fraction of sp³-hybridized carbons (Fsp3) is 0.0833. The van der Waals surface area contributed by atoms with E-state index in [-0.39, 0.29) is 18.2 Å². The molecule has 32 heavy (non-hydrogen) atoms. The molecule has 0 saturated heterocycles. The van der Waals surface area contributed by atoms with E-state index in [0.29, 0.717) is 28.6 Å².